The van der Waals surface area contributed by atoms with Gasteiger partial charge in [0.05, 0.1) is 4.92 Å². The Morgan fingerprint density at radius 2 is 2.22 bits per heavy atom. The van der Waals surface area contributed by atoms with Gasteiger partial charge in [-0.1, -0.05) is 25.3 Å². The van der Waals surface area contributed by atoms with Gasteiger partial charge in [-0.05, 0) is 18.9 Å². The quantitative estimate of drug-likeness (QED) is 0.453. The number of allylic oxidation sites excluding steroid dienone is 3. The number of hydrogen-bond acceptors (Lipinski definition) is 7. The van der Waals surface area contributed by atoms with Crippen LogP contribution >= 0.6 is 0 Å². The molecule has 1 fully saturated rings. The number of nitrogens with one attached hydrogen (secondary N) is 2. The van der Waals surface area contributed by atoms with E-state index in [4.69, 9.17) is 4.74 Å². The monoisotopic (exact) mass is 317 g/mol. The molecule has 1 saturated heterocycles. The van der Waals surface area contributed by atoms with Gasteiger partial charge in [0.1, 0.15) is 6.20 Å². The van der Waals surface area contributed by atoms with Crippen molar-refractivity contribution >= 4 is 17.5 Å². The zero-order valence-electron chi connectivity index (χ0n) is 12.7. The molecule has 0 bridgehead atoms. The average molecular weight is 317 g/mol. The first-order valence-corrected chi connectivity index (χ1v) is 7.21. The third-order valence-electron chi connectivity index (χ3n) is 3.23. The molecule has 23 heavy (non-hydrogen) atoms. The predicted molar refractivity (Wildman–Crippen MR) is 88.2 cm³/mol. The van der Waals surface area contributed by atoms with Gasteiger partial charge in [0.25, 0.3) is 0 Å². The molecule has 0 aliphatic carbocycles. The summed E-state index contributed by atoms with van der Waals surface area (Å²) in [7, 11) is 0. The lowest BCUT2D eigenvalue weighted by Gasteiger charge is -2.23. The summed E-state index contributed by atoms with van der Waals surface area (Å²) in [5.74, 6) is 0.434. The first-order chi connectivity index (χ1) is 11.1. The number of aromatic nitrogens is 2. The molecule has 0 unspecified atom stereocenters. The molecule has 2 N–H and O–H groups in total. The molecule has 1 aliphatic heterocycles. The number of ether oxygens (including phenoxy) is 1. The van der Waals surface area contributed by atoms with Gasteiger partial charge in [-0.3, -0.25) is 10.1 Å². The van der Waals surface area contributed by atoms with Crippen molar-refractivity contribution in [2.75, 3.05) is 23.8 Å². The molecule has 2 rings (SSSR count). The van der Waals surface area contributed by atoms with Crippen molar-refractivity contribution in [3.8, 4) is 0 Å². The Morgan fingerprint density at radius 1 is 1.48 bits per heavy atom. The fourth-order valence-electron chi connectivity index (χ4n) is 2.08. The van der Waals surface area contributed by atoms with E-state index < -0.39 is 4.92 Å². The molecule has 122 valence electrons. The summed E-state index contributed by atoms with van der Waals surface area (Å²) in [6.45, 7) is 8.62. The predicted octanol–water partition coefficient (Wildman–Crippen LogP) is 2.64. The largest absolute Gasteiger partial charge is 0.381 e. The zero-order chi connectivity index (χ0) is 16.7. The summed E-state index contributed by atoms with van der Waals surface area (Å²) in [5, 5.41) is 17.1. The minimum atomic E-state index is -0.502. The second kappa shape index (κ2) is 8.04. The van der Waals surface area contributed by atoms with E-state index in [1.165, 1.54) is 6.20 Å². The normalized spacial score (nSPS) is 15.3. The van der Waals surface area contributed by atoms with Crippen molar-refractivity contribution in [3.63, 3.8) is 0 Å². The molecule has 8 nitrogen and oxygen atoms in total. The standard InChI is InChI=1S/C15H19N5O3/c1-3-4-5-11(2)17-15-16-10-13(20(21)22)14(19-15)18-12-6-8-23-9-7-12/h3-5,10,12H,1-2,6-9H2,(H2,16,17,18,19)/b5-4-. The highest BCUT2D eigenvalue weighted by Gasteiger charge is 2.22. The van der Waals surface area contributed by atoms with E-state index in [-0.39, 0.29) is 23.5 Å². The van der Waals surface area contributed by atoms with E-state index in [0.29, 0.717) is 18.9 Å². The molecule has 0 amide bonds. The Labute approximate surface area is 134 Å². The average Bonchev–Trinajstić information content (AvgIpc) is 2.54. The lowest BCUT2D eigenvalue weighted by molar-refractivity contribution is -0.384. The van der Waals surface area contributed by atoms with Crippen molar-refractivity contribution in [2.45, 2.75) is 18.9 Å². The molecule has 1 aliphatic rings. The molecule has 0 saturated carbocycles. The first kappa shape index (κ1) is 16.6. The first-order valence-electron chi connectivity index (χ1n) is 7.21. The van der Waals surface area contributed by atoms with Crippen LogP contribution in [0.4, 0.5) is 17.5 Å². The fraction of sp³-hybridized carbons (Fsp3) is 0.333. The minimum Gasteiger partial charge on any atom is -0.381 e. The highest BCUT2D eigenvalue weighted by molar-refractivity contribution is 5.58. The van der Waals surface area contributed by atoms with Crippen LogP contribution in [0.15, 0.2) is 43.3 Å². The van der Waals surface area contributed by atoms with Crippen LogP contribution in [0.2, 0.25) is 0 Å². The second-order valence-electron chi connectivity index (χ2n) is 4.96. The van der Waals surface area contributed by atoms with Crippen LogP contribution in [-0.4, -0.2) is 34.1 Å². The number of rotatable bonds is 7. The molecule has 0 atom stereocenters. The maximum atomic E-state index is 11.1. The lowest BCUT2D eigenvalue weighted by Crippen LogP contribution is -2.28. The maximum absolute atomic E-state index is 11.1. The van der Waals surface area contributed by atoms with Crippen LogP contribution in [0.1, 0.15) is 12.8 Å². The third kappa shape index (κ3) is 4.89. The second-order valence-corrected chi connectivity index (χ2v) is 4.96. The molecule has 2 heterocycles. The van der Waals surface area contributed by atoms with E-state index >= 15 is 0 Å². The van der Waals surface area contributed by atoms with Crippen LogP contribution in [-0.2, 0) is 4.74 Å². The minimum absolute atomic E-state index is 0.0917. The Bertz CT molecular complexity index is 624. The SMILES string of the molecule is C=C/C=C\C(=C)Nc1ncc([N+](=O)[O-])c(NC2CCOCC2)n1. The smallest absolute Gasteiger partial charge is 0.329 e. The van der Waals surface area contributed by atoms with Crippen molar-refractivity contribution in [2.24, 2.45) is 0 Å². The Kier molecular flexibility index (Phi) is 5.81. The van der Waals surface area contributed by atoms with Crippen LogP contribution in [0, 0.1) is 10.1 Å². The molecule has 1 aromatic rings. The van der Waals surface area contributed by atoms with E-state index in [0.717, 1.165) is 12.8 Å². The summed E-state index contributed by atoms with van der Waals surface area (Å²) in [4.78, 5) is 18.8. The summed E-state index contributed by atoms with van der Waals surface area (Å²) in [5.41, 5.74) is 0.394. The van der Waals surface area contributed by atoms with Crippen LogP contribution in [0.25, 0.3) is 0 Å². The maximum Gasteiger partial charge on any atom is 0.329 e. The summed E-state index contributed by atoms with van der Waals surface area (Å²) >= 11 is 0. The highest BCUT2D eigenvalue weighted by Crippen LogP contribution is 2.25. The van der Waals surface area contributed by atoms with Gasteiger partial charge in [-0.15, -0.1) is 0 Å². The number of hydrogen-bond donors (Lipinski definition) is 2. The Morgan fingerprint density at radius 3 is 2.87 bits per heavy atom. The fourth-order valence-corrected chi connectivity index (χ4v) is 2.08. The summed E-state index contributed by atoms with van der Waals surface area (Å²) < 4.78 is 5.28. The molecule has 1 aromatic heterocycles. The van der Waals surface area contributed by atoms with Gasteiger partial charge < -0.3 is 15.4 Å². The molecule has 8 heteroatoms. The van der Waals surface area contributed by atoms with Crippen LogP contribution in [0.3, 0.4) is 0 Å². The van der Waals surface area contributed by atoms with Gasteiger partial charge in [-0.25, -0.2) is 4.98 Å². The number of nitrogens with zero attached hydrogens (tertiary/aromatic N) is 3. The van der Waals surface area contributed by atoms with Crippen LogP contribution < -0.4 is 10.6 Å². The van der Waals surface area contributed by atoms with Gasteiger partial charge in [0.15, 0.2) is 0 Å². The molecular formula is C15H19N5O3. The van der Waals surface area contributed by atoms with E-state index in [2.05, 4.69) is 33.8 Å². The summed E-state index contributed by atoms with van der Waals surface area (Å²) in [6, 6.07) is 0.0917. The third-order valence-corrected chi connectivity index (χ3v) is 3.23. The topological polar surface area (TPSA) is 102 Å². The van der Waals surface area contributed by atoms with Crippen molar-refractivity contribution in [1.29, 1.82) is 0 Å². The zero-order valence-corrected chi connectivity index (χ0v) is 12.7. The van der Waals surface area contributed by atoms with Crippen molar-refractivity contribution < 1.29 is 9.66 Å². The molecule has 0 spiro atoms. The molecular weight excluding hydrogens is 298 g/mol. The van der Waals surface area contributed by atoms with Gasteiger partial charge in [-0.2, -0.15) is 4.98 Å². The van der Waals surface area contributed by atoms with Gasteiger partial charge >= 0.3 is 5.69 Å². The number of nitro groups is 1. The van der Waals surface area contributed by atoms with E-state index in [1.54, 1.807) is 18.2 Å². The molecule has 0 radical (unpaired) electrons. The van der Waals surface area contributed by atoms with Crippen molar-refractivity contribution in [3.05, 3.63) is 53.4 Å². The van der Waals surface area contributed by atoms with E-state index in [9.17, 15) is 10.1 Å². The highest BCUT2D eigenvalue weighted by atomic mass is 16.6. The van der Waals surface area contributed by atoms with Crippen molar-refractivity contribution in [1.82, 2.24) is 9.97 Å². The van der Waals surface area contributed by atoms with Gasteiger partial charge in [0, 0.05) is 25.0 Å². The Hall–Kier alpha value is -2.74. The molecule has 0 aromatic carbocycles. The Balaban J connectivity index is 2.17. The summed E-state index contributed by atoms with van der Waals surface area (Å²) in [6.07, 6.45) is 7.76. The van der Waals surface area contributed by atoms with E-state index in [1.807, 2.05) is 0 Å². The van der Waals surface area contributed by atoms with Gasteiger partial charge in [0.2, 0.25) is 11.8 Å². The van der Waals surface area contributed by atoms with Crippen LogP contribution in [0.5, 0.6) is 0 Å². The lowest BCUT2D eigenvalue weighted by atomic mass is 10.1. The number of anilines is 2.